The molecule has 6 amide bonds. The molecular formula is C66H72N6O6. The van der Waals surface area contributed by atoms with Gasteiger partial charge in [-0.2, -0.15) is 0 Å². The zero-order valence-electron chi connectivity index (χ0n) is 44.9. The van der Waals surface area contributed by atoms with Crippen LogP contribution in [0.3, 0.4) is 0 Å². The molecule has 12 heteroatoms. The van der Waals surface area contributed by atoms with Gasteiger partial charge in [0.25, 0.3) is 11.8 Å². The van der Waals surface area contributed by atoms with E-state index in [1.165, 1.54) is 5.57 Å². The number of para-hydroxylation sites is 2. The Balaban J connectivity index is 0.000000165. The minimum Gasteiger partial charge on any atom is -0.349 e. The topological polar surface area (TPSA) is 139 Å². The molecule has 0 spiro atoms. The van der Waals surface area contributed by atoms with E-state index >= 15 is 0 Å². The zero-order valence-corrected chi connectivity index (χ0v) is 44.9. The first kappa shape index (κ1) is 52.5. The van der Waals surface area contributed by atoms with Crippen molar-refractivity contribution in [2.75, 3.05) is 22.9 Å². The number of carbonyl (C=O) groups excluding carboxylic acids is 6. The van der Waals surface area contributed by atoms with E-state index in [2.05, 4.69) is 62.9 Å². The van der Waals surface area contributed by atoms with Crippen LogP contribution in [0.15, 0.2) is 163 Å². The monoisotopic (exact) mass is 1040 g/mol. The van der Waals surface area contributed by atoms with E-state index in [-0.39, 0.29) is 95.4 Å². The molecule has 12 nitrogen and oxygen atoms in total. The Hall–Kier alpha value is -7.60. The molecule has 4 fully saturated rings. The van der Waals surface area contributed by atoms with Gasteiger partial charge >= 0.3 is 0 Å². The summed E-state index contributed by atoms with van der Waals surface area (Å²) in [7, 11) is 0. The van der Waals surface area contributed by atoms with E-state index in [9.17, 15) is 28.8 Å². The first-order valence-corrected chi connectivity index (χ1v) is 28.6. The molecule has 10 atom stereocenters. The third-order valence-corrected chi connectivity index (χ3v) is 17.9. The molecule has 4 aliphatic heterocycles. The molecule has 12 rings (SSSR count). The molecule has 78 heavy (non-hydrogen) atoms. The molecule has 2 saturated heterocycles. The van der Waals surface area contributed by atoms with Crippen molar-refractivity contribution in [1.82, 2.24) is 20.4 Å². The van der Waals surface area contributed by atoms with Gasteiger partial charge in [0, 0.05) is 73.4 Å². The van der Waals surface area contributed by atoms with Gasteiger partial charge in [0.2, 0.25) is 23.6 Å². The van der Waals surface area contributed by atoms with Crippen LogP contribution in [0.5, 0.6) is 0 Å². The highest BCUT2D eigenvalue weighted by Gasteiger charge is 2.53. The molecule has 402 valence electrons. The second kappa shape index (κ2) is 23.2. The minimum absolute atomic E-state index is 0.00972. The minimum atomic E-state index is -0.252. The number of nitrogens with zero attached hydrogens (tertiary/aromatic N) is 4. The number of fused-ring (bicyclic) bond motifs is 6. The Morgan fingerprint density at radius 3 is 1.33 bits per heavy atom. The van der Waals surface area contributed by atoms with Gasteiger partial charge in [0.1, 0.15) is 0 Å². The molecule has 7 aliphatic rings. The smallest absolute Gasteiger partial charge is 0.251 e. The van der Waals surface area contributed by atoms with Crippen LogP contribution in [0.25, 0.3) is 0 Å². The third kappa shape index (κ3) is 10.2. The molecule has 0 bridgehead atoms. The summed E-state index contributed by atoms with van der Waals surface area (Å²) in [4.78, 5) is 88.9. The van der Waals surface area contributed by atoms with Crippen LogP contribution in [0.2, 0.25) is 0 Å². The molecule has 5 aromatic rings. The van der Waals surface area contributed by atoms with Crippen LogP contribution >= 0.6 is 0 Å². The normalized spacial score (nSPS) is 26.9. The number of hydrogen-bond acceptors (Lipinski definition) is 6. The van der Waals surface area contributed by atoms with Crippen molar-refractivity contribution in [2.24, 2.45) is 23.7 Å². The fraction of sp³-hybridized carbons (Fsp3) is 0.394. The third-order valence-electron chi connectivity index (χ3n) is 17.9. The quantitative estimate of drug-likeness (QED) is 0.159. The van der Waals surface area contributed by atoms with E-state index < -0.39 is 0 Å². The average Bonchev–Trinajstić information content (AvgIpc) is 4.25. The fourth-order valence-electron chi connectivity index (χ4n) is 14.5. The maximum Gasteiger partial charge on any atom is 0.251 e. The van der Waals surface area contributed by atoms with Crippen molar-refractivity contribution in [3.63, 3.8) is 0 Å². The lowest BCUT2D eigenvalue weighted by Gasteiger charge is -2.47. The van der Waals surface area contributed by atoms with Gasteiger partial charge in [0.05, 0.1) is 36.0 Å². The van der Waals surface area contributed by atoms with Crippen LogP contribution in [0, 0.1) is 23.7 Å². The molecular weight excluding hydrogens is 973 g/mol. The van der Waals surface area contributed by atoms with E-state index in [1.54, 1.807) is 13.8 Å². The van der Waals surface area contributed by atoms with Crippen molar-refractivity contribution in [3.05, 3.63) is 191 Å². The number of rotatable bonds is 8. The number of nitrogens with one attached hydrogen (secondary N) is 2. The number of carbonyl (C=O) groups is 6. The second-order valence-electron chi connectivity index (χ2n) is 22.4. The standard InChI is InChI=1S/C33H37N3O3.C33H35N3O3/c2*1-22(37)36-29-19-11-9-17-26(29)31-27(30(36)23-12-4-2-5-13-23)20-21-35(31)33(39)25-16-8-10-18-28(25)34-32(38)24-14-6-3-7-15-24/h3-4,6-7,9,11-15,17,19,25,27-28,30-31H,2,5,8,10,16,18,20-21H2,1H3,(H,34,38);2-7,9,11-15,17,19,25,27-28,30-31H,8,10,16,18,20-21H2,1H3,(H,34,38)/t25-,27-,28+,30+,31+;25-,27+,28+,30-,31-/m00/s1. The molecule has 3 aliphatic carbocycles. The van der Waals surface area contributed by atoms with E-state index in [1.807, 2.05) is 125 Å². The molecule has 0 unspecified atom stereocenters. The first-order valence-electron chi connectivity index (χ1n) is 28.6. The van der Waals surface area contributed by atoms with Crippen LogP contribution < -0.4 is 20.4 Å². The number of allylic oxidation sites excluding steroid dienone is 2. The molecule has 0 radical (unpaired) electrons. The van der Waals surface area contributed by atoms with Gasteiger partial charge in [-0.25, -0.2) is 0 Å². The lowest BCUT2D eigenvalue weighted by Crippen LogP contribution is -2.53. The van der Waals surface area contributed by atoms with Crippen molar-refractivity contribution in [3.8, 4) is 0 Å². The Bertz CT molecular complexity index is 3090. The van der Waals surface area contributed by atoms with Gasteiger partial charge in [-0.15, -0.1) is 0 Å². The van der Waals surface area contributed by atoms with Crippen molar-refractivity contribution < 1.29 is 28.8 Å². The van der Waals surface area contributed by atoms with Crippen molar-refractivity contribution >= 4 is 46.8 Å². The summed E-state index contributed by atoms with van der Waals surface area (Å²) in [5.74, 6) is -0.203. The largest absolute Gasteiger partial charge is 0.349 e. The summed E-state index contributed by atoms with van der Waals surface area (Å²) in [6, 6.07) is 44.1. The second-order valence-corrected chi connectivity index (χ2v) is 22.4. The highest BCUT2D eigenvalue weighted by Crippen LogP contribution is 2.55. The lowest BCUT2D eigenvalue weighted by molar-refractivity contribution is -0.139. The fourth-order valence-corrected chi connectivity index (χ4v) is 14.5. The Kier molecular flexibility index (Phi) is 15.6. The summed E-state index contributed by atoms with van der Waals surface area (Å²) in [6.07, 6.45) is 17.5. The van der Waals surface area contributed by atoms with Crippen molar-refractivity contribution in [1.29, 1.82) is 0 Å². The van der Waals surface area contributed by atoms with Gasteiger partial charge in [-0.05, 0) is 110 Å². The van der Waals surface area contributed by atoms with Crippen LogP contribution in [0.1, 0.15) is 146 Å². The molecule has 5 aromatic carbocycles. The Labute approximate surface area is 458 Å². The van der Waals surface area contributed by atoms with Crippen molar-refractivity contribution in [2.45, 2.75) is 127 Å². The molecule has 4 heterocycles. The first-order chi connectivity index (χ1) is 38.1. The van der Waals surface area contributed by atoms with Gasteiger partial charge < -0.3 is 30.2 Å². The molecule has 2 N–H and O–H groups in total. The number of amides is 6. The average molecular weight is 1050 g/mol. The SMILES string of the molecule is CC(=O)N1c2ccccc2[C@@H]2[C@@H](CCN2C(=O)[C@H]2CCCC[C@H]2NC(=O)c2ccccc2)[C@H]1C1=CCCC=C1.CC(=O)N1c2ccccc2[C@H]2[C@H](CCN2C(=O)[C@H]2CCCC[C@H]2NC(=O)c2ccccc2)[C@@H]1c1ccccc1. The van der Waals surface area contributed by atoms with E-state index in [0.29, 0.717) is 24.2 Å². The summed E-state index contributed by atoms with van der Waals surface area (Å²) in [5.41, 5.74) is 7.41. The number of hydrogen-bond donors (Lipinski definition) is 2. The summed E-state index contributed by atoms with van der Waals surface area (Å²) < 4.78 is 0. The summed E-state index contributed by atoms with van der Waals surface area (Å²) >= 11 is 0. The predicted molar refractivity (Wildman–Crippen MR) is 303 cm³/mol. The molecule has 0 aromatic heterocycles. The summed E-state index contributed by atoms with van der Waals surface area (Å²) in [5, 5.41) is 6.40. The van der Waals surface area contributed by atoms with Crippen LogP contribution in [0.4, 0.5) is 11.4 Å². The summed E-state index contributed by atoms with van der Waals surface area (Å²) in [6.45, 7) is 4.59. The maximum absolute atomic E-state index is 14.4. The Morgan fingerprint density at radius 2 is 0.872 bits per heavy atom. The zero-order chi connectivity index (χ0) is 53.9. The number of anilines is 2. The number of likely N-dealkylation sites (tertiary alicyclic amines) is 2. The number of benzene rings is 5. The highest BCUT2D eigenvalue weighted by atomic mass is 16.2. The molecule has 2 saturated carbocycles. The lowest BCUT2D eigenvalue weighted by atomic mass is 9.76. The van der Waals surface area contributed by atoms with Crippen LogP contribution in [-0.2, 0) is 19.2 Å². The van der Waals surface area contributed by atoms with Gasteiger partial charge in [-0.3, -0.25) is 28.8 Å². The van der Waals surface area contributed by atoms with Gasteiger partial charge in [-0.1, -0.05) is 147 Å². The van der Waals surface area contributed by atoms with Crippen LogP contribution in [-0.4, -0.2) is 76.5 Å². The van der Waals surface area contributed by atoms with E-state index in [4.69, 9.17) is 0 Å². The Morgan fingerprint density at radius 1 is 0.449 bits per heavy atom. The maximum atomic E-state index is 14.4. The van der Waals surface area contributed by atoms with E-state index in [0.717, 1.165) is 105 Å². The van der Waals surface area contributed by atoms with Gasteiger partial charge in [0.15, 0.2) is 0 Å². The highest BCUT2D eigenvalue weighted by molar-refractivity contribution is 5.97. The predicted octanol–water partition coefficient (Wildman–Crippen LogP) is 11.2.